The van der Waals surface area contributed by atoms with E-state index in [0.29, 0.717) is 6.54 Å². The molecule has 9 nitrogen and oxygen atoms in total. The third-order valence-electron chi connectivity index (χ3n) is 7.19. The fourth-order valence-corrected chi connectivity index (χ4v) is 5.06. The number of alkyl carbamates (subject to hydrolysis) is 1. The summed E-state index contributed by atoms with van der Waals surface area (Å²) in [4.78, 5) is 26.8. The zero-order valence-corrected chi connectivity index (χ0v) is 25.0. The zero-order chi connectivity index (χ0) is 29.2. The van der Waals surface area contributed by atoms with Gasteiger partial charge in [-0.05, 0) is 83.2 Å². The number of aryl methyl sites for hydroxylation is 1. The normalized spacial score (nSPS) is 16.1. The van der Waals surface area contributed by atoms with E-state index in [0.717, 1.165) is 80.5 Å². The Morgan fingerprint density at radius 2 is 1.88 bits per heavy atom. The highest BCUT2D eigenvalue weighted by atomic mass is 16.6. The van der Waals surface area contributed by atoms with Crippen molar-refractivity contribution in [2.45, 2.75) is 83.5 Å². The molecule has 0 aliphatic carbocycles. The van der Waals surface area contributed by atoms with E-state index < -0.39 is 11.7 Å². The number of H-pyrrole nitrogens is 1. The van der Waals surface area contributed by atoms with Crippen LogP contribution in [0.15, 0.2) is 53.5 Å². The maximum Gasteiger partial charge on any atom is 0.414 e. The van der Waals surface area contributed by atoms with Gasteiger partial charge >= 0.3 is 6.09 Å². The van der Waals surface area contributed by atoms with Crippen molar-refractivity contribution in [2.75, 3.05) is 26.7 Å². The van der Waals surface area contributed by atoms with E-state index in [1.54, 1.807) is 20.8 Å². The average Bonchev–Trinajstić information content (AvgIpc) is 3.35. The maximum absolute atomic E-state index is 11.8. The first-order valence-electron chi connectivity index (χ1n) is 14.8. The number of imidazole rings is 1. The molecule has 1 amide bonds. The minimum absolute atomic E-state index is 0.0949. The number of amides is 1. The molecule has 0 saturated carbocycles. The molecule has 1 aliphatic rings. The number of ether oxygens (including phenoxy) is 2. The Morgan fingerprint density at radius 3 is 2.63 bits per heavy atom. The molecule has 1 atom stereocenters. The Hall–Kier alpha value is -3.43. The first-order valence-corrected chi connectivity index (χ1v) is 14.8. The Kier molecular flexibility index (Phi) is 10.8. The van der Waals surface area contributed by atoms with Gasteiger partial charge in [-0.15, -0.1) is 0 Å². The SMILES string of the molecule is CN1CCC(OC(c2cccc(CCCCCCN=C(N)NC(=O)OC(C)(C)C)c2)c2nc3ccccc3[nH]2)CC1. The maximum atomic E-state index is 11.8. The number of hydrogen-bond acceptors (Lipinski definition) is 6. The zero-order valence-electron chi connectivity index (χ0n) is 25.0. The van der Waals surface area contributed by atoms with Gasteiger partial charge in [-0.3, -0.25) is 10.3 Å². The molecule has 1 aromatic heterocycles. The molecule has 3 aromatic rings. The number of guanidine groups is 1. The molecule has 0 radical (unpaired) electrons. The number of carbonyl (C=O) groups excluding carboxylic acids is 1. The summed E-state index contributed by atoms with van der Waals surface area (Å²) in [5.41, 5.74) is 9.66. The van der Waals surface area contributed by atoms with Gasteiger partial charge in [0, 0.05) is 19.6 Å². The summed E-state index contributed by atoms with van der Waals surface area (Å²) in [5.74, 6) is 0.959. The molecule has 1 unspecified atom stereocenters. The molecule has 222 valence electrons. The summed E-state index contributed by atoms with van der Waals surface area (Å²) in [6.07, 6.45) is 6.60. The number of aromatic amines is 1. The van der Waals surface area contributed by atoms with Crippen molar-refractivity contribution in [1.29, 1.82) is 0 Å². The first kappa shape index (κ1) is 30.5. The van der Waals surface area contributed by atoms with Crippen LogP contribution in [0.4, 0.5) is 4.79 Å². The molecule has 0 bridgehead atoms. The molecular formula is C32H46N6O3. The average molecular weight is 563 g/mol. The predicted molar refractivity (Wildman–Crippen MR) is 164 cm³/mol. The van der Waals surface area contributed by atoms with Crippen molar-refractivity contribution >= 4 is 23.1 Å². The van der Waals surface area contributed by atoms with Gasteiger partial charge in [-0.25, -0.2) is 9.78 Å². The molecular weight excluding hydrogens is 516 g/mol. The number of aliphatic imine (C=N–C) groups is 1. The number of nitrogens with zero attached hydrogens (tertiary/aromatic N) is 3. The number of hydrogen-bond donors (Lipinski definition) is 3. The van der Waals surface area contributed by atoms with Crippen LogP contribution in [0.1, 0.15) is 82.4 Å². The Labute approximate surface area is 243 Å². The number of aromatic nitrogens is 2. The van der Waals surface area contributed by atoms with E-state index in [9.17, 15) is 4.79 Å². The number of unbranched alkanes of at least 4 members (excludes halogenated alkanes) is 3. The van der Waals surface area contributed by atoms with Crippen LogP contribution in [0.2, 0.25) is 0 Å². The largest absolute Gasteiger partial charge is 0.444 e. The van der Waals surface area contributed by atoms with Crippen LogP contribution < -0.4 is 11.1 Å². The van der Waals surface area contributed by atoms with Gasteiger partial charge in [0.2, 0.25) is 0 Å². The lowest BCUT2D eigenvalue weighted by Crippen LogP contribution is -2.40. The molecule has 1 saturated heterocycles. The molecule has 9 heteroatoms. The highest BCUT2D eigenvalue weighted by Crippen LogP contribution is 2.30. The Bertz CT molecular complexity index is 1260. The van der Waals surface area contributed by atoms with Gasteiger partial charge in [0.25, 0.3) is 0 Å². The second-order valence-corrected chi connectivity index (χ2v) is 12.0. The van der Waals surface area contributed by atoms with E-state index in [4.69, 9.17) is 20.2 Å². The van der Waals surface area contributed by atoms with Crippen LogP contribution >= 0.6 is 0 Å². The van der Waals surface area contributed by atoms with Crippen molar-refractivity contribution in [3.8, 4) is 0 Å². The molecule has 1 fully saturated rings. The number of nitrogens with two attached hydrogens (primary N) is 1. The third-order valence-corrected chi connectivity index (χ3v) is 7.19. The number of piperidine rings is 1. The molecule has 1 aliphatic heterocycles. The molecule has 0 spiro atoms. The van der Waals surface area contributed by atoms with E-state index >= 15 is 0 Å². The van der Waals surface area contributed by atoms with Crippen LogP contribution in [0.5, 0.6) is 0 Å². The fourth-order valence-electron chi connectivity index (χ4n) is 5.06. The number of benzene rings is 2. The number of para-hydroxylation sites is 2. The van der Waals surface area contributed by atoms with E-state index in [2.05, 4.69) is 57.6 Å². The summed E-state index contributed by atoms with van der Waals surface area (Å²) >= 11 is 0. The predicted octanol–water partition coefficient (Wildman–Crippen LogP) is 5.71. The van der Waals surface area contributed by atoms with Crippen molar-refractivity contribution in [3.05, 3.63) is 65.5 Å². The molecule has 2 aromatic carbocycles. The van der Waals surface area contributed by atoms with Gasteiger partial charge in [-0.1, -0.05) is 49.2 Å². The van der Waals surface area contributed by atoms with Crippen molar-refractivity contribution in [2.24, 2.45) is 10.7 Å². The molecule has 4 rings (SSSR count). The lowest BCUT2D eigenvalue weighted by Gasteiger charge is -2.31. The van der Waals surface area contributed by atoms with Gasteiger partial charge in [0.15, 0.2) is 5.96 Å². The van der Waals surface area contributed by atoms with Crippen LogP contribution in [0, 0.1) is 0 Å². The summed E-state index contributed by atoms with van der Waals surface area (Å²) in [6.45, 7) is 8.09. The first-order chi connectivity index (χ1) is 19.7. The lowest BCUT2D eigenvalue weighted by molar-refractivity contribution is -0.0264. The monoisotopic (exact) mass is 562 g/mol. The van der Waals surface area contributed by atoms with Gasteiger partial charge in [0.1, 0.15) is 17.5 Å². The van der Waals surface area contributed by atoms with E-state index in [1.807, 2.05) is 18.2 Å². The fraction of sp³-hybridized carbons (Fsp3) is 0.531. The summed E-state index contributed by atoms with van der Waals surface area (Å²) < 4.78 is 11.9. The van der Waals surface area contributed by atoms with Gasteiger partial charge in [-0.2, -0.15) is 0 Å². The Morgan fingerprint density at radius 1 is 1.12 bits per heavy atom. The number of likely N-dealkylation sites (tertiary alicyclic amines) is 1. The van der Waals surface area contributed by atoms with Crippen LogP contribution in [0.25, 0.3) is 11.0 Å². The third kappa shape index (κ3) is 9.86. The van der Waals surface area contributed by atoms with Crippen molar-refractivity contribution in [3.63, 3.8) is 0 Å². The van der Waals surface area contributed by atoms with Crippen LogP contribution in [0.3, 0.4) is 0 Å². The quantitative estimate of drug-likeness (QED) is 0.157. The summed E-state index contributed by atoms with van der Waals surface area (Å²) in [7, 11) is 2.17. The molecule has 4 N–H and O–H groups in total. The topological polar surface area (TPSA) is 118 Å². The Balaban J connectivity index is 1.29. The number of fused-ring (bicyclic) bond motifs is 1. The number of rotatable bonds is 11. The standard InChI is InChI=1S/C32H46N6O3/c1-32(2,3)41-31(39)37-30(33)34-19-10-6-5-7-12-23-13-11-14-24(22-23)28(40-25-17-20-38(4)21-18-25)29-35-26-15-8-9-16-27(26)36-29/h8-9,11,13-16,22,25,28H,5-7,10,12,17-21H2,1-4H3,(H,35,36)(H3,33,34,37,39). The second kappa shape index (κ2) is 14.5. The second-order valence-electron chi connectivity index (χ2n) is 12.0. The minimum Gasteiger partial charge on any atom is -0.444 e. The van der Waals surface area contributed by atoms with E-state index in [1.165, 1.54) is 5.56 Å². The molecule has 2 heterocycles. The van der Waals surface area contributed by atoms with Crippen LogP contribution in [-0.2, 0) is 15.9 Å². The smallest absolute Gasteiger partial charge is 0.414 e. The van der Waals surface area contributed by atoms with Crippen molar-refractivity contribution in [1.82, 2.24) is 20.2 Å². The summed E-state index contributed by atoms with van der Waals surface area (Å²) in [5, 5.41) is 2.47. The van der Waals surface area contributed by atoms with Gasteiger partial charge < -0.3 is 25.1 Å². The van der Waals surface area contributed by atoms with Gasteiger partial charge in [0.05, 0.1) is 17.1 Å². The van der Waals surface area contributed by atoms with Crippen LogP contribution in [-0.4, -0.2) is 65.3 Å². The highest BCUT2D eigenvalue weighted by Gasteiger charge is 2.26. The highest BCUT2D eigenvalue weighted by molar-refractivity contribution is 5.92. The number of nitrogens with one attached hydrogen (secondary N) is 2. The van der Waals surface area contributed by atoms with E-state index in [-0.39, 0.29) is 18.2 Å². The van der Waals surface area contributed by atoms with Crippen molar-refractivity contribution < 1.29 is 14.3 Å². The number of carbonyl (C=O) groups is 1. The summed E-state index contributed by atoms with van der Waals surface area (Å²) in [6, 6.07) is 16.9. The minimum atomic E-state index is -0.583. The molecule has 41 heavy (non-hydrogen) atoms. The lowest BCUT2D eigenvalue weighted by atomic mass is 10.0.